The molecule has 0 saturated heterocycles. The van der Waals surface area contributed by atoms with E-state index >= 15 is 0 Å². The number of primary amides is 1. The topological polar surface area (TPSA) is 102 Å². The van der Waals surface area contributed by atoms with Crippen molar-refractivity contribution in [1.82, 2.24) is 9.97 Å². The van der Waals surface area contributed by atoms with Gasteiger partial charge in [-0.1, -0.05) is 56.3 Å². The van der Waals surface area contributed by atoms with Crippen LogP contribution in [0, 0.1) is 0 Å². The standard InChI is InChI=1S/C29H33BrN4O3/c1-17(2)18-9-11-19(12-10-18)29-33-27-24(37-4)16-21(26(30)28(27)34-29)23(13-14-36-3)32-22-8-6-5-7-20(22)15-25(31)35/h5-12,16-17,23,32H,13-15H2,1-4H3,(H2,31,35)(H,33,34). The van der Waals surface area contributed by atoms with Crippen molar-refractivity contribution >= 4 is 38.6 Å². The maximum absolute atomic E-state index is 11.6. The number of nitrogens with two attached hydrogens (primary N) is 1. The quantitative estimate of drug-likeness (QED) is 0.197. The lowest BCUT2D eigenvalue weighted by Crippen LogP contribution is -2.18. The number of rotatable bonds is 11. The van der Waals surface area contributed by atoms with E-state index in [1.165, 1.54) is 5.56 Å². The Hall–Kier alpha value is -3.36. The number of halogens is 1. The van der Waals surface area contributed by atoms with Crippen molar-refractivity contribution in [3.05, 3.63) is 75.8 Å². The van der Waals surface area contributed by atoms with Gasteiger partial charge < -0.3 is 25.5 Å². The number of ether oxygens (including phenoxy) is 2. The second-order valence-corrected chi connectivity index (χ2v) is 10.1. The number of carbonyl (C=O) groups is 1. The van der Waals surface area contributed by atoms with Gasteiger partial charge in [0.15, 0.2) is 0 Å². The molecule has 1 heterocycles. The molecule has 0 aliphatic heterocycles. The number of aromatic amines is 1. The summed E-state index contributed by atoms with van der Waals surface area (Å²) in [6.07, 6.45) is 0.838. The van der Waals surface area contributed by atoms with Crippen LogP contribution >= 0.6 is 15.9 Å². The molecule has 7 nitrogen and oxygen atoms in total. The van der Waals surface area contributed by atoms with Crippen LogP contribution < -0.4 is 15.8 Å². The van der Waals surface area contributed by atoms with Crippen molar-refractivity contribution in [1.29, 1.82) is 0 Å². The number of hydrogen-bond acceptors (Lipinski definition) is 5. The van der Waals surface area contributed by atoms with Gasteiger partial charge in [-0.2, -0.15) is 0 Å². The highest BCUT2D eigenvalue weighted by atomic mass is 79.9. The number of benzene rings is 3. The van der Waals surface area contributed by atoms with Crippen LogP contribution in [0.5, 0.6) is 5.75 Å². The highest BCUT2D eigenvalue weighted by Crippen LogP contribution is 2.40. The minimum absolute atomic E-state index is 0.146. The SMILES string of the molecule is COCCC(Nc1ccccc1CC(N)=O)c1cc(OC)c2[nH]c(-c3ccc(C(C)C)cc3)nc2c1Br. The first-order chi connectivity index (χ1) is 17.8. The number of hydrogen-bond donors (Lipinski definition) is 3. The van der Waals surface area contributed by atoms with Gasteiger partial charge in [0.1, 0.15) is 22.6 Å². The van der Waals surface area contributed by atoms with Gasteiger partial charge in [0.2, 0.25) is 5.91 Å². The van der Waals surface area contributed by atoms with E-state index in [2.05, 4.69) is 64.3 Å². The smallest absolute Gasteiger partial charge is 0.221 e. The largest absolute Gasteiger partial charge is 0.494 e. The molecule has 0 fully saturated rings. The maximum atomic E-state index is 11.6. The third-order valence-electron chi connectivity index (χ3n) is 6.47. The highest BCUT2D eigenvalue weighted by molar-refractivity contribution is 9.10. The second-order valence-electron chi connectivity index (χ2n) is 9.35. The fourth-order valence-corrected chi connectivity index (χ4v) is 5.11. The molecule has 8 heteroatoms. The van der Waals surface area contributed by atoms with Crippen LogP contribution in [-0.2, 0) is 16.0 Å². The lowest BCUT2D eigenvalue weighted by Gasteiger charge is -2.24. The zero-order valence-corrected chi connectivity index (χ0v) is 23.2. The number of anilines is 1. The van der Waals surface area contributed by atoms with Crippen LogP contribution in [0.3, 0.4) is 0 Å². The molecule has 0 aliphatic rings. The van der Waals surface area contributed by atoms with Crippen LogP contribution in [0.2, 0.25) is 0 Å². The lowest BCUT2D eigenvalue weighted by molar-refractivity contribution is -0.117. The van der Waals surface area contributed by atoms with Gasteiger partial charge in [0, 0.05) is 25.0 Å². The molecule has 37 heavy (non-hydrogen) atoms. The summed E-state index contributed by atoms with van der Waals surface area (Å²) in [4.78, 5) is 20.0. The summed E-state index contributed by atoms with van der Waals surface area (Å²) in [6, 6.07) is 18.0. The molecule has 4 rings (SSSR count). The normalized spacial score (nSPS) is 12.2. The van der Waals surface area contributed by atoms with E-state index in [0.717, 1.165) is 43.7 Å². The minimum atomic E-state index is -0.377. The minimum Gasteiger partial charge on any atom is -0.494 e. The molecule has 0 radical (unpaired) electrons. The van der Waals surface area contributed by atoms with E-state index in [-0.39, 0.29) is 18.4 Å². The monoisotopic (exact) mass is 564 g/mol. The first-order valence-corrected chi connectivity index (χ1v) is 13.1. The fourth-order valence-electron chi connectivity index (χ4n) is 4.43. The molecule has 194 valence electrons. The summed E-state index contributed by atoms with van der Waals surface area (Å²) in [5.41, 5.74) is 12.0. The Bertz CT molecular complexity index is 1380. The van der Waals surface area contributed by atoms with Gasteiger partial charge in [-0.25, -0.2) is 4.98 Å². The Balaban J connectivity index is 1.77. The highest BCUT2D eigenvalue weighted by Gasteiger charge is 2.23. The van der Waals surface area contributed by atoms with Crippen LogP contribution in [-0.4, -0.2) is 36.7 Å². The number of nitrogens with one attached hydrogen (secondary N) is 2. The number of carbonyl (C=O) groups excluding carboxylic acids is 1. The van der Waals surface area contributed by atoms with Gasteiger partial charge in [-0.05, 0) is 57.1 Å². The van der Waals surface area contributed by atoms with Crippen LogP contribution in [0.1, 0.15) is 48.9 Å². The van der Waals surface area contributed by atoms with Gasteiger partial charge in [0.25, 0.3) is 0 Å². The van der Waals surface area contributed by atoms with Crippen LogP contribution in [0.15, 0.2) is 59.1 Å². The van der Waals surface area contributed by atoms with Crippen molar-refractivity contribution in [2.45, 2.75) is 38.6 Å². The first-order valence-electron chi connectivity index (χ1n) is 12.3. The van der Waals surface area contributed by atoms with E-state index in [4.69, 9.17) is 20.2 Å². The molecule has 4 N–H and O–H groups in total. The third kappa shape index (κ3) is 5.97. The van der Waals surface area contributed by atoms with Crippen molar-refractivity contribution in [2.24, 2.45) is 5.73 Å². The third-order valence-corrected chi connectivity index (χ3v) is 7.30. The number of methoxy groups -OCH3 is 2. The molecule has 3 aromatic carbocycles. The Labute approximate surface area is 225 Å². The number of H-pyrrole nitrogens is 1. The van der Waals surface area contributed by atoms with Gasteiger partial charge in [-0.15, -0.1) is 0 Å². The molecule has 0 bridgehead atoms. The summed E-state index contributed by atoms with van der Waals surface area (Å²) in [5.74, 6) is 1.55. The van der Waals surface area contributed by atoms with Crippen molar-refractivity contribution in [3.63, 3.8) is 0 Å². The number of para-hydroxylation sites is 1. The number of imidazole rings is 1. The predicted molar refractivity (Wildman–Crippen MR) is 152 cm³/mol. The Morgan fingerprint density at radius 2 is 1.86 bits per heavy atom. The summed E-state index contributed by atoms with van der Waals surface area (Å²) in [5, 5.41) is 3.60. The molecular weight excluding hydrogens is 532 g/mol. The molecule has 1 atom stereocenters. The molecular formula is C29H33BrN4O3. The van der Waals surface area contributed by atoms with Gasteiger partial charge in [0.05, 0.1) is 24.0 Å². The zero-order chi connectivity index (χ0) is 26.5. The summed E-state index contributed by atoms with van der Waals surface area (Å²) in [7, 11) is 3.34. The van der Waals surface area contributed by atoms with E-state index in [9.17, 15) is 4.79 Å². The maximum Gasteiger partial charge on any atom is 0.221 e. The second kappa shape index (κ2) is 11.8. The molecule has 1 unspecified atom stereocenters. The predicted octanol–water partition coefficient (Wildman–Crippen LogP) is 6.34. The van der Waals surface area contributed by atoms with Crippen LogP contribution in [0.4, 0.5) is 5.69 Å². The van der Waals surface area contributed by atoms with Crippen molar-refractivity contribution in [2.75, 3.05) is 26.1 Å². The summed E-state index contributed by atoms with van der Waals surface area (Å²) < 4.78 is 12.1. The van der Waals surface area contributed by atoms with Crippen LogP contribution in [0.25, 0.3) is 22.4 Å². The average Bonchev–Trinajstić information content (AvgIpc) is 3.34. The molecule has 0 aliphatic carbocycles. The fraction of sp³-hybridized carbons (Fsp3) is 0.310. The summed E-state index contributed by atoms with van der Waals surface area (Å²) >= 11 is 3.83. The average molecular weight is 566 g/mol. The van der Waals surface area contributed by atoms with E-state index in [1.807, 2.05) is 30.3 Å². The molecule has 4 aromatic rings. The lowest BCUT2D eigenvalue weighted by atomic mass is 10.0. The Morgan fingerprint density at radius 3 is 2.51 bits per heavy atom. The number of amides is 1. The van der Waals surface area contributed by atoms with Gasteiger partial charge >= 0.3 is 0 Å². The van der Waals surface area contributed by atoms with Crippen molar-refractivity contribution < 1.29 is 14.3 Å². The van der Waals surface area contributed by atoms with E-state index in [0.29, 0.717) is 24.7 Å². The van der Waals surface area contributed by atoms with E-state index in [1.54, 1.807) is 14.2 Å². The molecule has 1 amide bonds. The van der Waals surface area contributed by atoms with Gasteiger partial charge in [-0.3, -0.25) is 4.79 Å². The number of aromatic nitrogens is 2. The molecule has 0 spiro atoms. The zero-order valence-electron chi connectivity index (χ0n) is 21.6. The first kappa shape index (κ1) is 26.7. The van der Waals surface area contributed by atoms with Crippen molar-refractivity contribution in [3.8, 4) is 17.1 Å². The molecule has 1 aromatic heterocycles. The Kier molecular flexibility index (Phi) is 8.51. The summed E-state index contributed by atoms with van der Waals surface area (Å²) in [6.45, 7) is 4.90. The molecule has 0 saturated carbocycles. The number of nitrogens with zero attached hydrogens (tertiary/aromatic N) is 1. The van der Waals surface area contributed by atoms with E-state index < -0.39 is 0 Å². The number of fused-ring (bicyclic) bond motifs is 1. The Morgan fingerprint density at radius 1 is 1.14 bits per heavy atom.